The zero-order chi connectivity index (χ0) is 22.5. The normalized spacial score (nSPS) is 13.3. The molecule has 0 saturated carbocycles. The third-order valence-electron chi connectivity index (χ3n) is 5.24. The lowest BCUT2D eigenvalue weighted by molar-refractivity contribution is -0.150. The first kappa shape index (κ1) is 20.7. The number of halogens is 3. The average molecular weight is 430 g/mol. The van der Waals surface area contributed by atoms with Crippen molar-refractivity contribution in [3.8, 4) is 11.1 Å². The summed E-state index contributed by atoms with van der Waals surface area (Å²) in [5.41, 5.74) is 8.32. The minimum Gasteiger partial charge on any atom is -0.365 e. The molecule has 0 fully saturated rings. The number of rotatable bonds is 5. The van der Waals surface area contributed by atoms with Gasteiger partial charge in [-0.3, -0.25) is 9.48 Å². The van der Waals surface area contributed by atoms with Crippen molar-refractivity contribution in [2.75, 3.05) is 5.32 Å². The highest BCUT2D eigenvalue weighted by molar-refractivity contribution is 6.18. The largest absolute Gasteiger partial charge is 0.408 e. The van der Waals surface area contributed by atoms with Crippen LogP contribution in [0.25, 0.3) is 32.9 Å². The topological polar surface area (TPSA) is 102 Å². The van der Waals surface area contributed by atoms with E-state index >= 15 is 0 Å². The molecule has 31 heavy (non-hydrogen) atoms. The van der Waals surface area contributed by atoms with Crippen LogP contribution in [0, 0.1) is 5.92 Å². The second-order valence-electron chi connectivity index (χ2n) is 7.83. The van der Waals surface area contributed by atoms with E-state index in [1.807, 2.05) is 18.3 Å². The van der Waals surface area contributed by atoms with Crippen molar-refractivity contribution < 1.29 is 18.0 Å². The summed E-state index contributed by atoms with van der Waals surface area (Å²) in [6.07, 6.45) is 0.288. The van der Waals surface area contributed by atoms with Crippen molar-refractivity contribution in [3.63, 3.8) is 0 Å². The summed E-state index contributed by atoms with van der Waals surface area (Å²) in [4.78, 5) is 19.2. The molecule has 4 aromatic rings. The SMILES string of the molecule is CC(C)[C@@H](Nc1ncc(C(N)=O)c2[nH]c3cc(-c4cnn(C)c4)ccc3c12)C(F)(F)F. The predicted molar refractivity (Wildman–Crippen MR) is 113 cm³/mol. The first-order valence-corrected chi connectivity index (χ1v) is 9.62. The highest BCUT2D eigenvalue weighted by atomic mass is 19.4. The van der Waals surface area contributed by atoms with Gasteiger partial charge in [-0.05, 0) is 17.5 Å². The Morgan fingerprint density at radius 2 is 1.97 bits per heavy atom. The van der Waals surface area contributed by atoms with E-state index in [-0.39, 0.29) is 11.4 Å². The minimum absolute atomic E-state index is 0.0383. The summed E-state index contributed by atoms with van der Waals surface area (Å²) in [6.45, 7) is 2.96. The molecule has 1 aromatic carbocycles. The molecule has 4 rings (SSSR count). The number of carbonyl (C=O) groups excluding carboxylic acids is 1. The Hall–Kier alpha value is -3.56. The third kappa shape index (κ3) is 3.69. The zero-order valence-electron chi connectivity index (χ0n) is 17.1. The summed E-state index contributed by atoms with van der Waals surface area (Å²) in [5, 5.41) is 7.71. The zero-order valence-corrected chi connectivity index (χ0v) is 17.1. The number of aromatic amines is 1. The average Bonchev–Trinajstić information content (AvgIpc) is 3.27. The van der Waals surface area contributed by atoms with Crippen molar-refractivity contribution >= 4 is 33.5 Å². The molecule has 10 heteroatoms. The lowest BCUT2D eigenvalue weighted by atomic mass is 10.0. The van der Waals surface area contributed by atoms with Crippen molar-refractivity contribution in [1.82, 2.24) is 19.7 Å². The van der Waals surface area contributed by atoms with Crippen LogP contribution >= 0.6 is 0 Å². The standard InChI is InChI=1S/C21H21F3N6O/c1-10(2)18(21(22,23)24)29-20-16-13-5-4-11(12-7-27-30(3)9-12)6-15(13)28-17(16)14(8-26-20)19(25)31/h4-10,18,28H,1-3H3,(H2,25,31)(H,26,29)/t18-/m1/s1. The Morgan fingerprint density at radius 3 is 2.55 bits per heavy atom. The molecule has 4 N–H and O–H groups in total. The van der Waals surface area contributed by atoms with Gasteiger partial charge in [0.25, 0.3) is 5.91 Å². The maximum Gasteiger partial charge on any atom is 0.408 e. The number of alkyl halides is 3. The number of amides is 1. The van der Waals surface area contributed by atoms with Crippen LogP contribution in [0.1, 0.15) is 24.2 Å². The number of H-pyrrole nitrogens is 1. The number of hydrogen-bond acceptors (Lipinski definition) is 4. The van der Waals surface area contributed by atoms with Crippen LogP contribution in [0.15, 0.2) is 36.8 Å². The van der Waals surface area contributed by atoms with Crippen molar-refractivity contribution in [3.05, 3.63) is 42.4 Å². The molecule has 0 saturated heterocycles. The highest BCUT2D eigenvalue weighted by Gasteiger charge is 2.42. The van der Waals surface area contributed by atoms with Gasteiger partial charge in [0.15, 0.2) is 0 Å². The van der Waals surface area contributed by atoms with Gasteiger partial charge >= 0.3 is 6.18 Å². The van der Waals surface area contributed by atoms with E-state index in [9.17, 15) is 18.0 Å². The molecule has 0 spiro atoms. The van der Waals surface area contributed by atoms with Crippen molar-refractivity contribution in [1.29, 1.82) is 0 Å². The van der Waals surface area contributed by atoms with Gasteiger partial charge in [0.1, 0.15) is 11.9 Å². The van der Waals surface area contributed by atoms with Gasteiger partial charge in [-0.25, -0.2) is 4.98 Å². The second kappa shape index (κ2) is 7.29. The molecule has 1 atom stereocenters. The quantitative estimate of drug-likeness (QED) is 0.441. The third-order valence-corrected chi connectivity index (χ3v) is 5.24. The summed E-state index contributed by atoms with van der Waals surface area (Å²) in [5.74, 6) is -1.41. The number of nitrogens with zero attached hydrogens (tertiary/aromatic N) is 3. The summed E-state index contributed by atoms with van der Waals surface area (Å²) >= 11 is 0. The number of aryl methyl sites for hydroxylation is 1. The Morgan fingerprint density at radius 1 is 1.23 bits per heavy atom. The Balaban J connectivity index is 1.93. The lowest BCUT2D eigenvalue weighted by Gasteiger charge is -2.25. The number of primary amides is 1. The molecular formula is C21H21F3N6O. The molecule has 1 amide bonds. The van der Waals surface area contributed by atoms with Crippen LogP contribution in [0.3, 0.4) is 0 Å². The molecule has 0 aliphatic carbocycles. The molecule has 0 unspecified atom stereocenters. The number of benzene rings is 1. The maximum absolute atomic E-state index is 13.6. The van der Waals surface area contributed by atoms with E-state index in [0.717, 1.165) is 11.1 Å². The molecule has 0 radical (unpaired) electrons. The van der Waals surface area contributed by atoms with Crippen LogP contribution in [-0.2, 0) is 7.05 Å². The number of aromatic nitrogens is 4. The first-order chi connectivity index (χ1) is 14.6. The van der Waals surface area contributed by atoms with Crippen LogP contribution < -0.4 is 11.1 Å². The molecule has 3 aromatic heterocycles. The van der Waals surface area contributed by atoms with Crippen LogP contribution in [0.2, 0.25) is 0 Å². The van der Waals surface area contributed by atoms with E-state index in [1.165, 1.54) is 20.0 Å². The van der Waals surface area contributed by atoms with Gasteiger partial charge in [-0.2, -0.15) is 18.3 Å². The van der Waals surface area contributed by atoms with Crippen LogP contribution in [0.5, 0.6) is 0 Å². The van der Waals surface area contributed by atoms with E-state index < -0.39 is 24.0 Å². The Labute approximate surface area is 175 Å². The number of hydrogen-bond donors (Lipinski definition) is 3. The van der Waals surface area contributed by atoms with E-state index in [0.29, 0.717) is 21.8 Å². The van der Waals surface area contributed by atoms with Gasteiger partial charge in [0.2, 0.25) is 0 Å². The number of nitrogens with one attached hydrogen (secondary N) is 2. The van der Waals surface area contributed by atoms with Crippen molar-refractivity contribution in [2.45, 2.75) is 26.1 Å². The monoisotopic (exact) mass is 430 g/mol. The van der Waals surface area contributed by atoms with Crippen LogP contribution in [0.4, 0.5) is 19.0 Å². The number of anilines is 1. The fraction of sp³-hybridized carbons (Fsp3) is 0.286. The molecule has 0 bridgehead atoms. The van der Waals surface area contributed by atoms with Gasteiger partial charge in [0, 0.05) is 35.9 Å². The Kier molecular flexibility index (Phi) is 4.87. The second-order valence-corrected chi connectivity index (χ2v) is 7.83. The van der Waals surface area contributed by atoms with Gasteiger partial charge < -0.3 is 16.0 Å². The van der Waals surface area contributed by atoms with E-state index in [2.05, 4.69) is 20.4 Å². The smallest absolute Gasteiger partial charge is 0.365 e. The predicted octanol–water partition coefficient (Wildman–Crippen LogP) is 4.21. The molecule has 3 heterocycles. The molecule has 0 aliphatic heterocycles. The number of fused-ring (bicyclic) bond motifs is 3. The van der Waals surface area contributed by atoms with Gasteiger partial charge in [0.05, 0.1) is 22.7 Å². The number of nitrogens with two attached hydrogens (primary N) is 1. The fourth-order valence-electron chi connectivity index (χ4n) is 3.72. The first-order valence-electron chi connectivity index (χ1n) is 9.62. The van der Waals surface area contributed by atoms with Gasteiger partial charge in [-0.1, -0.05) is 26.0 Å². The highest BCUT2D eigenvalue weighted by Crippen LogP contribution is 2.37. The molecule has 162 valence electrons. The minimum atomic E-state index is -4.47. The fourth-order valence-corrected chi connectivity index (χ4v) is 3.72. The molecular weight excluding hydrogens is 409 g/mol. The van der Waals surface area contributed by atoms with Gasteiger partial charge in [-0.15, -0.1) is 0 Å². The van der Waals surface area contributed by atoms with E-state index in [4.69, 9.17) is 5.73 Å². The summed E-state index contributed by atoms with van der Waals surface area (Å²) in [6, 6.07) is 3.68. The van der Waals surface area contributed by atoms with Crippen molar-refractivity contribution in [2.24, 2.45) is 18.7 Å². The summed E-state index contributed by atoms with van der Waals surface area (Å²) in [7, 11) is 1.81. The molecule has 7 nitrogen and oxygen atoms in total. The maximum atomic E-state index is 13.6. The van der Waals surface area contributed by atoms with E-state index in [1.54, 1.807) is 24.0 Å². The number of carbonyl (C=O) groups is 1. The van der Waals surface area contributed by atoms with Crippen LogP contribution in [-0.4, -0.2) is 37.9 Å². The number of pyridine rings is 1. The summed E-state index contributed by atoms with van der Waals surface area (Å²) < 4.78 is 42.4. The Bertz CT molecular complexity index is 1290. The molecule has 0 aliphatic rings. The lowest BCUT2D eigenvalue weighted by Crippen LogP contribution is -2.40.